The summed E-state index contributed by atoms with van der Waals surface area (Å²) in [5, 5.41) is 3.55. The van der Waals surface area contributed by atoms with E-state index in [-0.39, 0.29) is 0 Å². The molecule has 1 saturated heterocycles. The molecule has 0 aromatic heterocycles. The fourth-order valence-corrected chi connectivity index (χ4v) is 3.19. The van der Waals surface area contributed by atoms with Crippen molar-refractivity contribution < 1.29 is 0 Å². The quantitative estimate of drug-likeness (QED) is 0.844. The summed E-state index contributed by atoms with van der Waals surface area (Å²) in [6.45, 7) is 5.01. The minimum atomic E-state index is 0.880. The summed E-state index contributed by atoms with van der Waals surface area (Å²) < 4.78 is 0. The first-order valence-corrected chi connectivity index (χ1v) is 7.90. The lowest BCUT2D eigenvalue weighted by atomic mass is 9.98. The Kier molecular flexibility index (Phi) is 4.52. The Morgan fingerprint density at radius 2 is 1.95 bits per heavy atom. The Morgan fingerprint density at radius 3 is 2.63 bits per heavy atom. The van der Waals surface area contributed by atoms with Gasteiger partial charge in [0.1, 0.15) is 0 Å². The number of hydrogen-bond acceptors (Lipinski definition) is 2. The van der Waals surface area contributed by atoms with Crippen LogP contribution < -0.4 is 5.32 Å². The summed E-state index contributed by atoms with van der Waals surface area (Å²) in [6.07, 6.45) is 6.84. The van der Waals surface area contributed by atoms with Crippen molar-refractivity contribution in [2.45, 2.75) is 38.1 Å². The van der Waals surface area contributed by atoms with Crippen molar-refractivity contribution in [2.75, 3.05) is 26.2 Å². The summed E-state index contributed by atoms with van der Waals surface area (Å²) in [5.41, 5.74) is 1.48. The van der Waals surface area contributed by atoms with Crippen LogP contribution in [0.2, 0.25) is 0 Å². The number of rotatable bonds is 6. The van der Waals surface area contributed by atoms with Crippen LogP contribution >= 0.6 is 0 Å². The van der Waals surface area contributed by atoms with Crippen LogP contribution in [0.4, 0.5) is 0 Å². The monoisotopic (exact) mass is 258 g/mol. The van der Waals surface area contributed by atoms with Gasteiger partial charge in [0.05, 0.1) is 0 Å². The van der Waals surface area contributed by atoms with Crippen LogP contribution in [0.5, 0.6) is 0 Å². The molecule has 1 unspecified atom stereocenters. The average molecular weight is 258 g/mol. The predicted octanol–water partition coefficient (Wildman–Crippen LogP) is 2.69. The lowest BCUT2D eigenvalue weighted by Crippen LogP contribution is -2.40. The van der Waals surface area contributed by atoms with Gasteiger partial charge in [-0.25, -0.2) is 0 Å². The molecule has 1 aromatic carbocycles. The maximum Gasteiger partial charge on any atom is 0.00966 e. The van der Waals surface area contributed by atoms with Crippen LogP contribution in [-0.4, -0.2) is 37.1 Å². The van der Waals surface area contributed by atoms with Crippen molar-refractivity contribution in [1.82, 2.24) is 10.2 Å². The molecule has 1 aromatic rings. The lowest BCUT2D eigenvalue weighted by Gasteiger charge is -2.30. The highest BCUT2D eigenvalue weighted by atomic mass is 15.2. The van der Waals surface area contributed by atoms with Crippen LogP contribution in [0.3, 0.4) is 0 Å². The molecule has 104 valence electrons. The molecule has 0 bridgehead atoms. The van der Waals surface area contributed by atoms with Crippen LogP contribution in [0.25, 0.3) is 0 Å². The molecule has 0 radical (unpaired) electrons. The normalized spacial score (nSPS) is 23.7. The van der Waals surface area contributed by atoms with Crippen molar-refractivity contribution >= 4 is 0 Å². The summed E-state index contributed by atoms with van der Waals surface area (Å²) in [4.78, 5) is 2.75. The van der Waals surface area contributed by atoms with Gasteiger partial charge in [-0.15, -0.1) is 0 Å². The molecular formula is C17H26N2. The first-order chi connectivity index (χ1) is 9.42. The van der Waals surface area contributed by atoms with Crippen LogP contribution in [0.15, 0.2) is 30.3 Å². The van der Waals surface area contributed by atoms with Gasteiger partial charge in [-0.3, -0.25) is 4.90 Å². The summed E-state index contributed by atoms with van der Waals surface area (Å²) in [7, 11) is 0. The number of nitrogens with one attached hydrogen (secondary N) is 1. The molecule has 0 amide bonds. The van der Waals surface area contributed by atoms with E-state index in [1.54, 1.807) is 0 Å². The van der Waals surface area contributed by atoms with E-state index in [1.807, 2.05) is 0 Å². The zero-order valence-corrected chi connectivity index (χ0v) is 11.9. The molecule has 0 spiro atoms. The second-order valence-electron chi connectivity index (χ2n) is 6.17. The molecule has 2 heteroatoms. The second-order valence-corrected chi connectivity index (χ2v) is 6.17. The number of nitrogens with zero attached hydrogens (tertiary/aromatic N) is 1. The SMILES string of the molecule is c1ccc(CCN(CC2CCCNC2)C2CC2)cc1. The maximum absolute atomic E-state index is 3.55. The first-order valence-electron chi connectivity index (χ1n) is 7.90. The highest BCUT2D eigenvalue weighted by Gasteiger charge is 2.30. The van der Waals surface area contributed by atoms with Gasteiger partial charge in [-0.05, 0) is 56.7 Å². The minimum Gasteiger partial charge on any atom is -0.316 e. The van der Waals surface area contributed by atoms with Crippen LogP contribution in [0, 0.1) is 5.92 Å². The van der Waals surface area contributed by atoms with E-state index < -0.39 is 0 Å². The van der Waals surface area contributed by atoms with Crippen molar-refractivity contribution in [3.05, 3.63) is 35.9 Å². The van der Waals surface area contributed by atoms with Gasteiger partial charge < -0.3 is 5.32 Å². The van der Waals surface area contributed by atoms with E-state index in [1.165, 1.54) is 63.8 Å². The van der Waals surface area contributed by atoms with Crippen molar-refractivity contribution in [3.63, 3.8) is 0 Å². The van der Waals surface area contributed by atoms with E-state index >= 15 is 0 Å². The predicted molar refractivity (Wildman–Crippen MR) is 80.3 cm³/mol. The lowest BCUT2D eigenvalue weighted by molar-refractivity contribution is 0.202. The molecule has 1 aliphatic heterocycles. The van der Waals surface area contributed by atoms with Gasteiger partial charge >= 0.3 is 0 Å². The second kappa shape index (κ2) is 6.53. The fourth-order valence-electron chi connectivity index (χ4n) is 3.19. The van der Waals surface area contributed by atoms with Gasteiger partial charge in [-0.2, -0.15) is 0 Å². The third kappa shape index (κ3) is 4.05. The third-order valence-corrected chi connectivity index (χ3v) is 4.49. The summed E-state index contributed by atoms with van der Waals surface area (Å²) in [6, 6.07) is 11.8. The molecule has 1 atom stereocenters. The smallest absolute Gasteiger partial charge is 0.00966 e. The van der Waals surface area contributed by atoms with Crippen LogP contribution in [-0.2, 0) is 6.42 Å². The van der Waals surface area contributed by atoms with E-state index in [0.29, 0.717) is 0 Å². The molecule has 3 rings (SSSR count). The van der Waals surface area contributed by atoms with Gasteiger partial charge in [-0.1, -0.05) is 30.3 Å². The number of piperidine rings is 1. The third-order valence-electron chi connectivity index (χ3n) is 4.49. The molecule has 1 heterocycles. The van der Waals surface area contributed by atoms with Gasteiger partial charge in [0.15, 0.2) is 0 Å². The summed E-state index contributed by atoms with van der Waals surface area (Å²) in [5.74, 6) is 0.880. The molecule has 2 aliphatic rings. The fraction of sp³-hybridized carbons (Fsp3) is 0.647. The Hall–Kier alpha value is -0.860. The standard InChI is InChI=1S/C17H26N2/c1-2-5-15(6-3-1)10-12-19(17-8-9-17)14-16-7-4-11-18-13-16/h1-3,5-6,16-18H,4,7-14H2. The van der Waals surface area contributed by atoms with Gasteiger partial charge in [0.2, 0.25) is 0 Å². The van der Waals surface area contributed by atoms with E-state index in [9.17, 15) is 0 Å². The molecule has 19 heavy (non-hydrogen) atoms. The zero-order valence-electron chi connectivity index (χ0n) is 11.9. The molecule has 2 nitrogen and oxygen atoms in total. The Morgan fingerprint density at radius 1 is 1.11 bits per heavy atom. The highest BCUT2D eigenvalue weighted by Crippen LogP contribution is 2.28. The minimum absolute atomic E-state index is 0.880. The zero-order chi connectivity index (χ0) is 12.9. The Balaban J connectivity index is 1.49. The Bertz CT molecular complexity index is 366. The molecule has 1 N–H and O–H groups in total. The summed E-state index contributed by atoms with van der Waals surface area (Å²) >= 11 is 0. The van der Waals surface area contributed by atoms with E-state index in [4.69, 9.17) is 0 Å². The topological polar surface area (TPSA) is 15.3 Å². The first kappa shape index (κ1) is 13.1. The van der Waals surface area contributed by atoms with E-state index in [0.717, 1.165) is 12.0 Å². The molecule has 1 saturated carbocycles. The molecule has 1 aliphatic carbocycles. The maximum atomic E-state index is 3.55. The molecular weight excluding hydrogens is 232 g/mol. The van der Waals surface area contributed by atoms with Gasteiger partial charge in [0.25, 0.3) is 0 Å². The largest absolute Gasteiger partial charge is 0.316 e. The highest BCUT2D eigenvalue weighted by molar-refractivity contribution is 5.15. The van der Waals surface area contributed by atoms with Crippen LogP contribution in [0.1, 0.15) is 31.2 Å². The van der Waals surface area contributed by atoms with Crippen molar-refractivity contribution in [3.8, 4) is 0 Å². The van der Waals surface area contributed by atoms with Gasteiger partial charge in [0, 0.05) is 19.1 Å². The number of hydrogen-bond donors (Lipinski definition) is 1. The van der Waals surface area contributed by atoms with Crippen molar-refractivity contribution in [2.24, 2.45) is 5.92 Å². The Labute approximate surface area is 117 Å². The van der Waals surface area contributed by atoms with Crippen molar-refractivity contribution in [1.29, 1.82) is 0 Å². The average Bonchev–Trinajstić information content (AvgIpc) is 3.30. The molecule has 2 fully saturated rings. The number of benzene rings is 1. The van der Waals surface area contributed by atoms with E-state index in [2.05, 4.69) is 40.5 Å².